The summed E-state index contributed by atoms with van der Waals surface area (Å²) in [5.74, 6) is -2.47. The molecule has 1 aromatic carbocycles. The molecule has 0 fully saturated rings. The number of primary amides is 1. The van der Waals surface area contributed by atoms with E-state index < -0.39 is 11.8 Å². The van der Waals surface area contributed by atoms with Crippen LogP contribution in [0.15, 0.2) is 24.3 Å². The largest absolute Gasteiger partial charge is 0.383 e. The Labute approximate surface area is 110 Å². The van der Waals surface area contributed by atoms with Crippen molar-refractivity contribution in [2.45, 2.75) is 0 Å². The molecule has 19 heavy (non-hydrogen) atoms. The van der Waals surface area contributed by atoms with E-state index in [2.05, 4.69) is 10.6 Å². The summed E-state index contributed by atoms with van der Waals surface area (Å²) in [6.45, 7) is 0.717. The van der Waals surface area contributed by atoms with Gasteiger partial charge in [0, 0.05) is 13.7 Å². The van der Waals surface area contributed by atoms with Gasteiger partial charge < -0.3 is 21.1 Å². The molecule has 0 spiro atoms. The van der Waals surface area contributed by atoms with Crippen molar-refractivity contribution in [1.29, 1.82) is 0 Å². The Balaban J connectivity index is 2.80. The molecule has 0 aromatic heterocycles. The number of anilines is 1. The minimum atomic E-state index is -1.12. The van der Waals surface area contributed by atoms with Gasteiger partial charge in [-0.05, 0) is 12.1 Å². The maximum Gasteiger partial charge on any atom is 0.313 e. The summed E-state index contributed by atoms with van der Waals surface area (Å²) in [4.78, 5) is 33.8. The van der Waals surface area contributed by atoms with Gasteiger partial charge in [0.25, 0.3) is 5.91 Å². The van der Waals surface area contributed by atoms with Crippen LogP contribution in [-0.2, 0) is 14.3 Å². The normalized spacial score (nSPS) is 9.74. The van der Waals surface area contributed by atoms with Crippen LogP contribution in [0.3, 0.4) is 0 Å². The summed E-state index contributed by atoms with van der Waals surface area (Å²) >= 11 is 0. The van der Waals surface area contributed by atoms with Crippen molar-refractivity contribution >= 4 is 23.4 Å². The molecule has 1 aromatic rings. The van der Waals surface area contributed by atoms with Crippen LogP contribution in [0.5, 0.6) is 0 Å². The Morgan fingerprint density at radius 2 is 1.95 bits per heavy atom. The van der Waals surface area contributed by atoms with E-state index in [1.165, 1.54) is 19.2 Å². The maximum absolute atomic E-state index is 11.9. The Hall–Kier alpha value is -2.41. The van der Waals surface area contributed by atoms with Crippen LogP contribution in [0, 0.1) is 0 Å². The van der Waals surface area contributed by atoms with Crippen LogP contribution in [0.2, 0.25) is 0 Å². The Morgan fingerprint density at radius 1 is 1.26 bits per heavy atom. The zero-order valence-electron chi connectivity index (χ0n) is 10.4. The minimum Gasteiger partial charge on any atom is -0.383 e. The molecule has 4 N–H and O–H groups in total. The standard InChI is InChI=1S/C12H15N3O4/c1-19-7-6-14-11(17)8-4-2-3-5-9(8)15-12(18)10(13)16/h2-5H,6-7H2,1H3,(H2,13,16)(H,14,17)(H,15,18). The molecular formula is C12H15N3O4. The number of para-hydroxylation sites is 1. The third kappa shape index (κ3) is 4.40. The van der Waals surface area contributed by atoms with Crippen LogP contribution < -0.4 is 16.4 Å². The summed E-state index contributed by atoms with van der Waals surface area (Å²) in [6, 6.07) is 6.30. The van der Waals surface area contributed by atoms with Crippen molar-refractivity contribution in [2.24, 2.45) is 5.73 Å². The Morgan fingerprint density at radius 3 is 2.58 bits per heavy atom. The number of ether oxygens (including phenoxy) is 1. The van der Waals surface area contributed by atoms with Gasteiger partial charge in [-0.3, -0.25) is 14.4 Å². The lowest BCUT2D eigenvalue weighted by molar-refractivity contribution is -0.134. The fraction of sp³-hybridized carbons (Fsp3) is 0.250. The topological polar surface area (TPSA) is 111 Å². The zero-order valence-corrected chi connectivity index (χ0v) is 10.4. The first kappa shape index (κ1) is 14.7. The average molecular weight is 265 g/mol. The number of hydrogen-bond acceptors (Lipinski definition) is 4. The van der Waals surface area contributed by atoms with Gasteiger partial charge in [0.05, 0.1) is 17.9 Å². The van der Waals surface area contributed by atoms with Gasteiger partial charge in [0.15, 0.2) is 0 Å². The lowest BCUT2D eigenvalue weighted by atomic mass is 10.1. The van der Waals surface area contributed by atoms with E-state index >= 15 is 0 Å². The molecule has 7 nitrogen and oxygen atoms in total. The first-order valence-corrected chi connectivity index (χ1v) is 5.53. The van der Waals surface area contributed by atoms with Crippen molar-refractivity contribution in [3.63, 3.8) is 0 Å². The molecule has 0 unspecified atom stereocenters. The van der Waals surface area contributed by atoms with E-state index in [1.807, 2.05) is 0 Å². The zero-order chi connectivity index (χ0) is 14.3. The van der Waals surface area contributed by atoms with Crippen LogP contribution in [0.25, 0.3) is 0 Å². The van der Waals surface area contributed by atoms with Crippen LogP contribution in [0.1, 0.15) is 10.4 Å². The number of amides is 3. The Bertz CT molecular complexity index is 488. The maximum atomic E-state index is 11.9. The molecule has 1 rings (SSSR count). The van der Waals surface area contributed by atoms with Gasteiger partial charge >= 0.3 is 11.8 Å². The summed E-state index contributed by atoms with van der Waals surface area (Å²) in [5.41, 5.74) is 5.31. The quantitative estimate of drug-likeness (QED) is 0.491. The molecule has 0 aliphatic heterocycles. The van der Waals surface area contributed by atoms with Crippen molar-refractivity contribution in [2.75, 3.05) is 25.6 Å². The van der Waals surface area contributed by atoms with E-state index in [9.17, 15) is 14.4 Å². The molecule has 0 saturated carbocycles. The molecule has 7 heteroatoms. The molecule has 0 bridgehead atoms. The smallest absolute Gasteiger partial charge is 0.313 e. The van der Waals surface area contributed by atoms with E-state index in [0.29, 0.717) is 13.2 Å². The highest BCUT2D eigenvalue weighted by Gasteiger charge is 2.15. The van der Waals surface area contributed by atoms with Gasteiger partial charge in [-0.1, -0.05) is 12.1 Å². The number of carbonyl (C=O) groups excluding carboxylic acids is 3. The number of hydrogen-bond donors (Lipinski definition) is 3. The molecule has 0 radical (unpaired) electrons. The van der Waals surface area contributed by atoms with E-state index in [1.54, 1.807) is 12.1 Å². The van der Waals surface area contributed by atoms with E-state index in [-0.39, 0.29) is 17.2 Å². The number of benzene rings is 1. The van der Waals surface area contributed by atoms with Crippen LogP contribution in [-0.4, -0.2) is 38.0 Å². The second-order valence-electron chi connectivity index (χ2n) is 3.61. The van der Waals surface area contributed by atoms with Crippen molar-refractivity contribution < 1.29 is 19.1 Å². The SMILES string of the molecule is COCCNC(=O)c1ccccc1NC(=O)C(N)=O. The molecule has 0 atom stereocenters. The van der Waals surface area contributed by atoms with Crippen LogP contribution in [0.4, 0.5) is 5.69 Å². The van der Waals surface area contributed by atoms with Crippen molar-refractivity contribution in [3.05, 3.63) is 29.8 Å². The first-order chi connectivity index (χ1) is 9.06. The second-order valence-corrected chi connectivity index (χ2v) is 3.61. The second kappa shape index (κ2) is 7.12. The highest BCUT2D eigenvalue weighted by molar-refractivity contribution is 6.39. The molecule has 3 amide bonds. The summed E-state index contributed by atoms with van der Waals surface area (Å²) in [6.07, 6.45) is 0. The molecule has 0 aliphatic rings. The summed E-state index contributed by atoms with van der Waals surface area (Å²) < 4.78 is 4.81. The predicted octanol–water partition coefficient (Wildman–Crippen LogP) is -0.513. The van der Waals surface area contributed by atoms with E-state index in [0.717, 1.165) is 0 Å². The number of nitrogens with one attached hydrogen (secondary N) is 2. The highest BCUT2D eigenvalue weighted by Crippen LogP contribution is 2.14. The predicted molar refractivity (Wildman–Crippen MR) is 68.5 cm³/mol. The fourth-order valence-electron chi connectivity index (χ4n) is 1.34. The molecule has 0 saturated heterocycles. The third-order valence-electron chi connectivity index (χ3n) is 2.24. The Kier molecular flexibility index (Phi) is 5.49. The molecular weight excluding hydrogens is 250 g/mol. The molecule has 0 aliphatic carbocycles. The summed E-state index contributed by atoms with van der Waals surface area (Å²) in [5, 5.41) is 4.89. The number of methoxy groups -OCH3 is 1. The molecule has 102 valence electrons. The van der Waals surface area contributed by atoms with Gasteiger partial charge in [-0.25, -0.2) is 0 Å². The summed E-state index contributed by atoms with van der Waals surface area (Å²) in [7, 11) is 1.52. The van der Waals surface area contributed by atoms with Crippen molar-refractivity contribution in [1.82, 2.24) is 5.32 Å². The minimum absolute atomic E-state index is 0.223. The van der Waals surface area contributed by atoms with Gasteiger partial charge in [-0.2, -0.15) is 0 Å². The molecule has 0 heterocycles. The van der Waals surface area contributed by atoms with Gasteiger partial charge in [-0.15, -0.1) is 0 Å². The van der Waals surface area contributed by atoms with Crippen molar-refractivity contribution in [3.8, 4) is 0 Å². The number of carbonyl (C=O) groups is 3. The van der Waals surface area contributed by atoms with E-state index in [4.69, 9.17) is 10.5 Å². The van der Waals surface area contributed by atoms with Gasteiger partial charge in [0.2, 0.25) is 0 Å². The first-order valence-electron chi connectivity index (χ1n) is 5.53. The third-order valence-corrected chi connectivity index (χ3v) is 2.24. The van der Waals surface area contributed by atoms with Gasteiger partial charge in [0.1, 0.15) is 0 Å². The highest BCUT2D eigenvalue weighted by atomic mass is 16.5. The average Bonchev–Trinajstić information content (AvgIpc) is 2.39. The monoisotopic (exact) mass is 265 g/mol. The number of nitrogens with two attached hydrogens (primary N) is 1. The number of rotatable bonds is 5. The lowest BCUT2D eigenvalue weighted by Crippen LogP contribution is -2.32. The van der Waals surface area contributed by atoms with Crippen LogP contribution >= 0.6 is 0 Å². The lowest BCUT2D eigenvalue weighted by Gasteiger charge is -2.10. The fourth-order valence-corrected chi connectivity index (χ4v) is 1.34.